The van der Waals surface area contributed by atoms with E-state index in [2.05, 4.69) is 20.5 Å². The lowest BCUT2D eigenvalue weighted by Crippen LogP contribution is -2.18. The maximum atomic E-state index is 12.5. The van der Waals surface area contributed by atoms with Gasteiger partial charge in [0.2, 0.25) is 0 Å². The van der Waals surface area contributed by atoms with Crippen LogP contribution in [0.5, 0.6) is 0 Å². The number of hydrogen-bond donors (Lipinski definition) is 1. The summed E-state index contributed by atoms with van der Waals surface area (Å²) < 4.78 is 3.61. The Balaban J connectivity index is 1.45. The molecule has 0 radical (unpaired) electrons. The quantitative estimate of drug-likeness (QED) is 0.777. The van der Waals surface area contributed by atoms with Gasteiger partial charge in [0, 0.05) is 26.0 Å². The topological polar surface area (TPSA) is 77.6 Å². The number of pyridine rings is 1. The molecule has 3 aromatic rings. The average Bonchev–Trinajstić information content (AvgIpc) is 3.20. The predicted molar refractivity (Wildman–Crippen MR) is 94.0 cm³/mol. The highest BCUT2D eigenvalue weighted by Crippen LogP contribution is 2.27. The van der Waals surface area contributed by atoms with Crippen LogP contribution >= 0.6 is 0 Å². The third-order valence-electron chi connectivity index (χ3n) is 4.52. The fraction of sp³-hybridized carbons (Fsp3) is 0.333. The van der Waals surface area contributed by atoms with Crippen molar-refractivity contribution in [2.45, 2.75) is 25.8 Å². The second kappa shape index (κ2) is 6.51. The molecule has 7 heteroatoms. The SMILES string of the molecule is Cn1ccc(-c2cccc(C(=O)Nc3cnn(CC4CCC4)c3)n2)n1. The molecule has 128 valence electrons. The number of carbonyl (C=O) groups is 1. The minimum Gasteiger partial charge on any atom is -0.318 e. The van der Waals surface area contributed by atoms with Crippen molar-refractivity contribution in [1.29, 1.82) is 0 Å². The molecular formula is C18H20N6O. The van der Waals surface area contributed by atoms with Crippen molar-refractivity contribution in [3.8, 4) is 11.4 Å². The maximum absolute atomic E-state index is 12.5. The van der Waals surface area contributed by atoms with Crippen molar-refractivity contribution in [3.05, 3.63) is 48.5 Å². The Morgan fingerprint density at radius 1 is 1.28 bits per heavy atom. The first-order valence-corrected chi connectivity index (χ1v) is 8.48. The van der Waals surface area contributed by atoms with Crippen molar-refractivity contribution in [3.63, 3.8) is 0 Å². The van der Waals surface area contributed by atoms with Crippen LogP contribution in [-0.2, 0) is 13.6 Å². The van der Waals surface area contributed by atoms with E-state index >= 15 is 0 Å². The van der Waals surface area contributed by atoms with Crippen LogP contribution in [0, 0.1) is 5.92 Å². The molecule has 0 atom stereocenters. The highest BCUT2D eigenvalue weighted by atomic mass is 16.1. The van der Waals surface area contributed by atoms with Crippen molar-refractivity contribution in [1.82, 2.24) is 24.5 Å². The van der Waals surface area contributed by atoms with Crippen LogP contribution in [0.1, 0.15) is 29.8 Å². The molecule has 1 aliphatic carbocycles. The first-order chi connectivity index (χ1) is 12.2. The van der Waals surface area contributed by atoms with Gasteiger partial charge in [-0.1, -0.05) is 12.5 Å². The standard InChI is InChI=1S/C18H20N6O/c1-23-9-8-16(22-23)15-6-3-7-17(21-15)18(25)20-14-10-19-24(12-14)11-13-4-2-5-13/h3,6-10,12-13H,2,4-5,11H2,1H3,(H,20,25). The van der Waals surface area contributed by atoms with Gasteiger partial charge < -0.3 is 5.32 Å². The Morgan fingerprint density at radius 2 is 2.16 bits per heavy atom. The molecule has 1 amide bonds. The Hall–Kier alpha value is -2.96. The summed E-state index contributed by atoms with van der Waals surface area (Å²) in [5.41, 5.74) is 2.46. The minimum absolute atomic E-state index is 0.249. The third kappa shape index (κ3) is 3.45. The summed E-state index contributed by atoms with van der Waals surface area (Å²) >= 11 is 0. The molecule has 3 aromatic heterocycles. The van der Waals surface area contributed by atoms with Gasteiger partial charge in [0.15, 0.2) is 0 Å². The lowest BCUT2D eigenvalue weighted by atomic mass is 9.85. The summed E-state index contributed by atoms with van der Waals surface area (Å²) in [5.74, 6) is 0.473. The molecule has 0 saturated heterocycles. The second-order valence-corrected chi connectivity index (χ2v) is 6.48. The molecule has 1 fully saturated rings. The fourth-order valence-electron chi connectivity index (χ4n) is 2.92. The molecule has 0 bridgehead atoms. The number of amides is 1. The van der Waals surface area contributed by atoms with Crippen LogP contribution in [0.2, 0.25) is 0 Å². The van der Waals surface area contributed by atoms with Crippen molar-refractivity contribution in [2.75, 3.05) is 5.32 Å². The van der Waals surface area contributed by atoms with E-state index in [-0.39, 0.29) is 5.91 Å². The molecule has 7 nitrogen and oxygen atoms in total. The van der Waals surface area contributed by atoms with Gasteiger partial charge in [-0.3, -0.25) is 14.2 Å². The van der Waals surface area contributed by atoms with Crippen LogP contribution in [0.15, 0.2) is 42.9 Å². The van der Waals surface area contributed by atoms with Crippen LogP contribution < -0.4 is 5.32 Å². The zero-order valence-corrected chi connectivity index (χ0v) is 14.1. The van der Waals surface area contributed by atoms with Gasteiger partial charge in [-0.25, -0.2) is 4.98 Å². The van der Waals surface area contributed by atoms with Gasteiger partial charge in [0.1, 0.15) is 11.4 Å². The summed E-state index contributed by atoms with van der Waals surface area (Å²) in [4.78, 5) is 16.9. The van der Waals surface area contributed by atoms with E-state index in [0.717, 1.165) is 18.2 Å². The number of aryl methyl sites for hydroxylation is 1. The molecule has 1 aliphatic rings. The highest BCUT2D eigenvalue weighted by molar-refractivity contribution is 6.02. The Bertz CT molecular complexity index is 892. The number of rotatable bonds is 5. The van der Waals surface area contributed by atoms with E-state index in [4.69, 9.17) is 0 Å². The smallest absolute Gasteiger partial charge is 0.274 e. The van der Waals surface area contributed by atoms with Gasteiger partial charge in [-0.2, -0.15) is 10.2 Å². The lowest BCUT2D eigenvalue weighted by Gasteiger charge is -2.24. The highest BCUT2D eigenvalue weighted by Gasteiger charge is 2.18. The number of nitrogens with zero attached hydrogens (tertiary/aromatic N) is 5. The summed E-state index contributed by atoms with van der Waals surface area (Å²) in [6, 6.07) is 7.22. The van der Waals surface area contributed by atoms with Crippen molar-refractivity contribution >= 4 is 11.6 Å². The summed E-state index contributed by atoms with van der Waals surface area (Å²) in [7, 11) is 1.85. The van der Waals surface area contributed by atoms with Gasteiger partial charge in [-0.05, 0) is 37.0 Å². The van der Waals surface area contributed by atoms with Crippen molar-refractivity contribution in [2.24, 2.45) is 13.0 Å². The van der Waals surface area contributed by atoms with Crippen molar-refractivity contribution < 1.29 is 4.79 Å². The summed E-state index contributed by atoms with van der Waals surface area (Å²) in [6.07, 6.45) is 9.25. The first-order valence-electron chi connectivity index (χ1n) is 8.48. The summed E-state index contributed by atoms with van der Waals surface area (Å²) in [6.45, 7) is 0.920. The molecule has 4 rings (SSSR count). The Kier molecular flexibility index (Phi) is 4.05. The zero-order chi connectivity index (χ0) is 17.2. The number of nitrogens with one attached hydrogen (secondary N) is 1. The van der Waals surface area contributed by atoms with E-state index in [0.29, 0.717) is 17.1 Å². The predicted octanol–water partition coefficient (Wildman–Crippen LogP) is 2.73. The minimum atomic E-state index is -0.249. The van der Waals surface area contributed by atoms with Gasteiger partial charge >= 0.3 is 0 Å². The number of carbonyl (C=O) groups excluding carboxylic acids is 1. The molecule has 0 spiro atoms. The van der Waals surface area contributed by atoms with Gasteiger partial charge in [0.25, 0.3) is 5.91 Å². The number of anilines is 1. The third-order valence-corrected chi connectivity index (χ3v) is 4.52. The van der Waals surface area contributed by atoms with Crippen LogP contribution in [0.25, 0.3) is 11.4 Å². The van der Waals surface area contributed by atoms with Crippen LogP contribution in [0.4, 0.5) is 5.69 Å². The van der Waals surface area contributed by atoms with E-state index in [1.54, 1.807) is 16.9 Å². The second-order valence-electron chi connectivity index (χ2n) is 6.48. The zero-order valence-electron chi connectivity index (χ0n) is 14.1. The van der Waals surface area contributed by atoms with E-state index in [1.807, 2.05) is 42.3 Å². The van der Waals surface area contributed by atoms with E-state index in [9.17, 15) is 4.79 Å². The lowest BCUT2D eigenvalue weighted by molar-refractivity contribution is 0.102. The normalized spacial score (nSPS) is 14.3. The van der Waals surface area contributed by atoms with E-state index in [1.165, 1.54) is 19.3 Å². The molecule has 0 aliphatic heterocycles. The molecule has 0 unspecified atom stereocenters. The maximum Gasteiger partial charge on any atom is 0.274 e. The molecule has 1 N–H and O–H groups in total. The van der Waals surface area contributed by atoms with Gasteiger partial charge in [-0.15, -0.1) is 0 Å². The molecule has 25 heavy (non-hydrogen) atoms. The summed E-state index contributed by atoms with van der Waals surface area (Å²) in [5, 5.41) is 11.5. The fourth-order valence-corrected chi connectivity index (χ4v) is 2.92. The molecule has 1 saturated carbocycles. The van der Waals surface area contributed by atoms with E-state index < -0.39 is 0 Å². The Morgan fingerprint density at radius 3 is 2.88 bits per heavy atom. The monoisotopic (exact) mass is 336 g/mol. The molecular weight excluding hydrogens is 316 g/mol. The number of hydrogen-bond acceptors (Lipinski definition) is 4. The van der Waals surface area contributed by atoms with Gasteiger partial charge in [0.05, 0.1) is 17.6 Å². The Labute approximate surface area is 145 Å². The first kappa shape index (κ1) is 15.6. The molecule has 0 aromatic carbocycles. The van der Waals surface area contributed by atoms with Crippen LogP contribution in [-0.4, -0.2) is 30.5 Å². The van der Waals surface area contributed by atoms with Crippen LogP contribution in [0.3, 0.4) is 0 Å². The average molecular weight is 336 g/mol. The number of aromatic nitrogens is 5. The largest absolute Gasteiger partial charge is 0.318 e. The molecule has 3 heterocycles.